The Hall–Kier alpha value is -0.910. The molecule has 1 atom stereocenters. The van der Waals surface area contributed by atoms with E-state index in [2.05, 4.69) is 21.2 Å². The van der Waals surface area contributed by atoms with Crippen LogP contribution in [0.1, 0.15) is 11.6 Å². The topological polar surface area (TPSA) is 58.6 Å². The number of hydrogen-bond acceptors (Lipinski definition) is 3. The fourth-order valence-electron chi connectivity index (χ4n) is 1.34. The molecule has 0 saturated heterocycles. The van der Waals surface area contributed by atoms with Crippen LogP contribution in [0.5, 0.6) is 0 Å². The van der Waals surface area contributed by atoms with Crippen molar-refractivity contribution >= 4 is 21.9 Å². The van der Waals surface area contributed by atoms with Crippen molar-refractivity contribution in [2.24, 2.45) is 0 Å². The standard InChI is InChI=1S/C11H14BrNO3/c1-16-6-5-13-10(11(14)15)8-3-2-4-9(12)7-8/h2-4,7,10,13H,5-6H2,1H3,(H,14,15). The number of rotatable bonds is 6. The summed E-state index contributed by atoms with van der Waals surface area (Å²) < 4.78 is 5.73. The molecule has 16 heavy (non-hydrogen) atoms. The molecular weight excluding hydrogens is 274 g/mol. The van der Waals surface area contributed by atoms with E-state index in [1.165, 1.54) is 0 Å². The zero-order chi connectivity index (χ0) is 12.0. The Labute approximate surface area is 103 Å². The second-order valence-corrected chi connectivity index (χ2v) is 4.19. The van der Waals surface area contributed by atoms with Crippen LogP contribution in [0.25, 0.3) is 0 Å². The first-order valence-corrected chi connectivity index (χ1v) is 5.65. The minimum Gasteiger partial charge on any atom is -0.480 e. The van der Waals surface area contributed by atoms with Crippen LogP contribution >= 0.6 is 15.9 Å². The van der Waals surface area contributed by atoms with Gasteiger partial charge in [-0.25, -0.2) is 0 Å². The molecule has 0 heterocycles. The highest BCUT2D eigenvalue weighted by atomic mass is 79.9. The second kappa shape index (κ2) is 6.62. The maximum atomic E-state index is 11.1. The third-order valence-electron chi connectivity index (χ3n) is 2.08. The van der Waals surface area contributed by atoms with Crippen LogP contribution < -0.4 is 5.32 Å². The molecule has 1 aromatic rings. The number of carbonyl (C=O) groups is 1. The fraction of sp³-hybridized carbons (Fsp3) is 0.364. The summed E-state index contributed by atoms with van der Waals surface area (Å²) in [4.78, 5) is 11.1. The van der Waals surface area contributed by atoms with Gasteiger partial charge in [0.05, 0.1) is 6.61 Å². The lowest BCUT2D eigenvalue weighted by Gasteiger charge is -2.14. The van der Waals surface area contributed by atoms with Crippen molar-refractivity contribution in [3.8, 4) is 0 Å². The molecule has 0 aromatic heterocycles. The van der Waals surface area contributed by atoms with E-state index in [1.54, 1.807) is 19.2 Å². The molecule has 2 N–H and O–H groups in total. The van der Waals surface area contributed by atoms with E-state index in [0.717, 1.165) is 10.0 Å². The molecule has 4 nitrogen and oxygen atoms in total. The van der Waals surface area contributed by atoms with Crippen LogP contribution in [-0.2, 0) is 9.53 Å². The van der Waals surface area contributed by atoms with Crippen molar-refractivity contribution in [2.75, 3.05) is 20.3 Å². The highest BCUT2D eigenvalue weighted by Gasteiger charge is 2.18. The minimum atomic E-state index is -0.894. The molecule has 0 bridgehead atoms. The summed E-state index contributed by atoms with van der Waals surface area (Å²) >= 11 is 3.32. The van der Waals surface area contributed by atoms with Crippen molar-refractivity contribution < 1.29 is 14.6 Å². The molecule has 0 fully saturated rings. The monoisotopic (exact) mass is 287 g/mol. The Bertz CT molecular complexity index is 357. The summed E-state index contributed by atoms with van der Waals surface area (Å²) in [6, 6.07) is 6.54. The number of nitrogens with one attached hydrogen (secondary N) is 1. The Balaban J connectivity index is 2.73. The Morgan fingerprint density at radius 2 is 2.38 bits per heavy atom. The first-order valence-electron chi connectivity index (χ1n) is 4.85. The van der Waals surface area contributed by atoms with Crippen molar-refractivity contribution in [1.82, 2.24) is 5.32 Å². The highest BCUT2D eigenvalue weighted by Crippen LogP contribution is 2.18. The van der Waals surface area contributed by atoms with Gasteiger partial charge < -0.3 is 9.84 Å². The maximum Gasteiger partial charge on any atom is 0.325 e. The second-order valence-electron chi connectivity index (χ2n) is 3.27. The van der Waals surface area contributed by atoms with Gasteiger partial charge >= 0.3 is 5.97 Å². The predicted molar refractivity (Wildman–Crippen MR) is 64.4 cm³/mol. The fourth-order valence-corrected chi connectivity index (χ4v) is 1.76. The van der Waals surface area contributed by atoms with Gasteiger partial charge in [0.25, 0.3) is 0 Å². The van der Waals surface area contributed by atoms with Crippen LogP contribution in [0.4, 0.5) is 0 Å². The molecule has 1 rings (SSSR count). The average molecular weight is 288 g/mol. The van der Waals surface area contributed by atoms with Gasteiger partial charge in [-0.1, -0.05) is 28.1 Å². The number of hydrogen-bond donors (Lipinski definition) is 2. The molecule has 0 aliphatic rings. The molecule has 0 amide bonds. The Kier molecular flexibility index (Phi) is 5.45. The lowest BCUT2D eigenvalue weighted by molar-refractivity contribution is -0.139. The minimum absolute atomic E-state index is 0.484. The quantitative estimate of drug-likeness (QED) is 0.784. The van der Waals surface area contributed by atoms with E-state index in [4.69, 9.17) is 9.84 Å². The number of aliphatic carboxylic acids is 1. The van der Waals surface area contributed by atoms with E-state index in [0.29, 0.717) is 13.2 Å². The zero-order valence-corrected chi connectivity index (χ0v) is 10.5. The highest BCUT2D eigenvalue weighted by molar-refractivity contribution is 9.10. The SMILES string of the molecule is COCCNC(C(=O)O)c1cccc(Br)c1. The number of methoxy groups -OCH3 is 1. The summed E-state index contributed by atoms with van der Waals surface area (Å²) in [7, 11) is 1.58. The van der Waals surface area contributed by atoms with Gasteiger partial charge in [-0.05, 0) is 17.7 Å². The third-order valence-corrected chi connectivity index (χ3v) is 2.58. The zero-order valence-electron chi connectivity index (χ0n) is 8.94. The molecule has 5 heteroatoms. The first kappa shape index (κ1) is 13.2. The van der Waals surface area contributed by atoms with E-state index in [1.807, 2.05) is 12.1 Å². The van der Waals surface area contributed by atoms with E-state index in [9.17, 15) is 4.79 Å². The molecule has 0 aliphatic carbocycles. The predicted octanol–water partition coefficient (Wildman–Crippen LogP) is 1.81. The lowest BCUT2D eigenvalue weighted by atomic mass is 10.1. The van der Waals surface area contributed by atoms with Gasteiger partial charge in [-0.15, -0.1) is 0 Å². The van der Waals surface area contributed by atoms with Crippen LogP contribution in [0.15, 0.2) is 28.7 Å². The molecular formula is C11H14BrNO3. The van der Waals surface area contributed by atoms with Gasteiger partial charge in [0.15, 0.2) is 0 Å². The number of carboxylic acids is 1. The van der Waals surface area contributed by atoms with Crippen LogP contribution in [0.2, 0.25) is 0 Å². The summed E-state index contributed by atoms with van der Waals surface area (Å²) in [5.41, 5.74) is 0.720. The average Bonchev–Trinajstić information content (AvgIpc) is 2.24. The number of halogens is 1. The summed E-state index contributed by atoms with van der Waals surface area (Å²) in [5.74, 6) is -0.894. The Morgan fingerprint density at radius 3 is 2.94 bits per heavy atom. The van der Waals surface area contributed by atoms with E-state index >= 15 is 0 Å². The van der Waals surface area contributed by atoms with Gasteiger partial charge in [0.2, 0.25) is 0 Å². The van der Waals surface area contributed by atoms with Crippen LogP contribution in [0, 0.1) is 0 Å². The number of ether oxygens (including phenoxy) is 1. The van der Waals surface area contributed by atoms with Crippen LogP contribution in [-0.4, -0.2) is 31.3 Å². The molecule has 0 saturated carbocycles. The first-order chi connectivity index (χ1) is 7.65. The van der Waals surface area contributed by atoms with Gasteiger partial charge in [0.1, 0.15) is 6.04 Å². The van der Waals surface area contributed by atoms with Crippen molar-refractivity contribution in [1.29, 1.82) is 0 Å². The normalized spacial score (nSPS) is 12.4. The van der Waals surface area contributed by atoms with Crippen molar-refractivity contribution in [3.63, 3.8) is 0 Å². The van der Waals surface area contributed by atoms with E-state index < -0.39 is 12.0 Å². The van der Waals surface area contributed by atoms with Gasteiger partial charge in [-0.2, -0.15) is 0 Å². The maximum absolute atomic E-state index is 11.1. The number of carboxylic acid groups (broad SMARTS) is 1. The van der Waals surface area contributed by atoms with Gasteiger partial charge in [-0.3, -0.25) is 10.1 Å². The van der Waals surface area contributed by atoms with Crippen molar-refractivity contribution in [3.05, 3.63) is 34.3 Å². The van der Waals surface area contributed by atoms with Crippen molar-refractivity contribution in [2.45, 2.75) is 6.04 Å². The third kappa shape index (κ3) is 3.92. The molecule has 1 unspecified atom stereocenters. The molecule has 0 spiro atoms. The smallest absolute Gasteiger partial charge is 0.325 e. The largest absolute Gasteiger partial charge is 0.480 e. The summed E-state index contributed by atoms with van der Waals surface area (Å²) in [6.07, 6.45) is 0. The number of benzene rings is 1. The molecule has 1 aromatic carbocycles. The van der Waals surface area contributed by atoms with Crippen LogP contribution in [0.3, 0.4) is 0 Å². The van der Waals surface area contributed by atoms with Gasteiger partial charge in [0, 0.05) is 18.1 Å². The lowest BCUT2D eigenvalue weighted by Crippen LogP contribution is -2.31. The summed E-state index contributed by atoms with van der Waals surface area (Å²) in [6.45, 7) is 0.984. The van der Waals surface area contributed by atoms with E-state index in [-0.39, 0.29) is 0 Å². The Morgan fingerprint density at radius 1 is 1.62 bits per heavy atom. The summed E-state index contributed by atoms with van der Waals surface area (Å²) in [5, 5.41) is 12.0. The molecule has 0 aliphatic heterocycles. The molecule has 0 radical (unpaired) electrons. The molecule has 88 valence electrons.